The van der Waals surface area contributed by atoms with Crippen LogP contribution in [0.5, 0.6) is 0 Å². The van der Waals surface area contributed by atoms with E-state index in [1.165, 1.54) is 6.07 Å². The highest BCUT2D eigenvalue weighted by Gasteiger charge is 2.18. The van der Waals surface area contributed by atoms with Crippen molar-refractivity contribution < 1.29 is 14.0 Å². The predicted octanol–water partition coefficient (Wildman–Crippen LogP) is 1.81. The molecule has 118 valence electrons. The molecule has 2 amide bonds. The smallest absolute Gasteiger partial charge is 0.239 e. The van der Waals surface area contributed by atoms with Crippen LogP contribution >= 0.6 is 35.6 Å². The maximum absolute atomic E-state index is 13.4. The first-order valence-corrected chi connectivity index (χ1v) is 6.52. The lowest BCUT2D eigenvalue weighted by atomic mass is 10.1. The van der Waals surface area contributed by atoms with Crippen LogP contribution in [0, 0.1) is 5.82 Å². The summed E-state index contributed by atoms with van der Waals surface area (Å²) in [4.78, 5) is 22.5. The Balaban J connectivity index is 0.00000400. The highest BCUT2D eigenvalue weighted by molar-refractivity contribution is 6.36. The molecule has 21 heavy (non-hydrogen) atoms. The number of carbonyl (C=O) groups is 2. The summed E-state index contributed by atoms with van der Waals surface area (Å²) in [6.07, 6.45) is 0. The van der Waals surface area contributed by atoms with Gasteiger partial charge < -0.3 is 16.4 Å². The van der Waals surface area contributed by atoms with Gasteiger partial charge >= 0.3 is 0 Å². The number of hydrogen-bond acceptors (Lipinski definition) is 3. The van der Waals surface area contributed by atoms with Gasteiger partial charge in [0, 0.05) is 10.6 Å². The molecule has 1 aromatic rings. The Morgan fingerprint density at radius 1 is 1.33 bits per heavy atom. The minimum absolute atomic E-state index is 0. The average Bonchev–Trinajstić information content (AvgIpc) is 2.40. The van der Waals surface area contributed by atoms with Gasteiger partial charge in [0.1, 0.15) is 5.82 Å². The molecule has 0 bridgehead atoms. The van der Waals surface area contributed by atoms with E-state index in [2.05, 4.69) is 10.6 Å². The van der Waals surface area contributed by atoms with Crippen molar-refractivity contribution in [3.8, 4) is 0 Å². The van der Waals surface area contributed by atoms with Crippen LogP contribution in [0.25, 0.3) is 0 Å². The van der Waals surface area contributed by atoms with E-state index < -0.39 is 23.7 Å². The zero-order valence-electron chi connectivity index (χ0n) is 11.1. The summed E-state index contributed by atoms with van der Waals surface area (Å²) in [5.74, 6) is -1.53. The number of halogens is 4. The van der Waals surface area contributed by atoms with Crippen molar-refractivity contribution in [2.45, 2.75) is 13.0 Å². The summed E-state index contributed by atoms with van der Waals surface area (Å²) in [6, 6.07) is 1.90. The van der Waals surface area contributed by atoms with E-state index >= 15 is 0 Å². The first-order chi connectivity index (χ1) is 9.36. The first kappa shape index (κ1) is 19.9. The van der Waals surface area contributed by atoms with Crippen molar-refractivity contribution in [3.63, 3.8) is 0 Å². The van der Waals surface area contributed by atoms with Crippen molar-refractivity contribution >= 4 is 47.4 Å². The van der Waals surface area contributed by atoms with Crippen molar-refractivity contribution in [3.05, 3.63) is 33.6 Å². The Bertz CT molecular complexity index is 529. The second-order valence-corrected chi connectivity index (χ2v) is 4.81. The van der Waals surface area contributed by atoms with Gasteiger partial charge in [-0.1, -0.05) is 23.2 Å². The zero-order valence-corrected chi connectivity index (χ0v) is 13.4. The summed E-state index contributed by atoms with van der Waals surface area (Å²) >= 11 is 11.8. The third-order valence-corrected chi connectivity index (χ3v) is 3.24. The molecule has 5 nitrogen and oxygen atoms in total. The number of amides is 2. The molecular formula is C12H15Cl3FN3O2. The second kappa shape index (κ2) is 9.04. The lowest BCUT2D eigenvalue weighted by Gasteiger charge is -2.17. The lowest BCUT2D eigenvalue weighted by molar-refractivity contribution is -0.125. The molecule has 9 heteroatoms. The molecule has 4 N–H and O–H groups in total. The molecule has 0 fully saturated rings. The topological polar surface area (TPSA) is 84.2 Å². The molecule has 1 unspecified atom stereocenters. The predicted molar refractivity (Wildman–Crippen MR) is 82.3 cm³/mol. The molecule has 0 aromatic heterocycles. The standard InChI is InChI=1S/C12H14Cl2FN3O2.ClH/c1-6(18-10(20)5-17-9(19)4-16)11-7(13)2-3-8(15)12(11)14;/h2-3,6H,4-5,16H2,1H3,(H,17,19)(H,18,20);1H. The Morgan fingerprint density at radius 2 is 1.95 bits per heavy atom. The van der Waals surface area contributed by atoms with Crippen LogP contribution in [-0.4, -0.2) is 24.9 Å². The summed E-state index contributed by atoms with van der Waals surface area (Å²) in [5.41, 5.74) is 5.37. The fraction of sp³-hybridized carbons (Fsp3) is 0.333. The molecule has 1 atom stereocenters. The third kappa shape index (κ3) is 5.67. The lowest BCUT2D eigenvalue weighted by Crippen LogP contribution is -2.40. The minimum atomic E-state index is -0.622. The largest absolute Gasteiger partial charge is 0.348 e. The summed E-state index contributed by atoms with van der Waals surface area (Å²) in [5, 5.41) is 4.97. The van der Waals surface area contributed by atoms with E-state index in [0.29, 0.717) is 0 Å². The number of rotatable bonds is 5. The van der Waals surface area contributed by atoms with E-state index in [1.807, 2.05) is 0 Å². The zero-order chi connectivity index (χ0) is 15.3. The Kier molecular flexibility index (Phi) is 8.58. The van der Waals surface area contributed by atoms with Crippen LogP contribution in [0.4, 0.5) is 4.39 Å². The monoisotopic (exact) mass is 357 g/mol. The quantitative estimate of drug-likeness (QED) is 0.702. The summed E-state index contributed by atoms with van der Waals surface area (Å²) < 4.78 is 13.4. The second-order valence-electron chi connectivity index (χ2n) is 4.03. The number of hydrogen-bond donors (Lipinski definition) is 3. The van der Waals surface area contributed by atoms with Crippen LogP contribution in [0.1, 0.15) is 18.5 Å². The number of nitrogens with one attached hydrogen (secondary N) is 2. The molecule has 0 radical (unpaired) electrons. The van der Waals surface area contributed by atoms with Gasteiger partial charge in [-0.05, 0) is 19.1 Å². The summed E-state index contributed by atoms with van der Waals surface area (Å²) in [6.45, 7) is 1.17. The fourth-order valence-electron chi connectivity index (χ4n) is 1.56. The Hall–Kier alpha value is -1.08. The van der Waals surface area contributed by atoms with Crippen molar-refractivity contribution in [1.82, 2.24) is 10.6 Å². The average molecular weight is 359 g/mol. The van der Waals surface area contributed by atoms with Crippen LogP contribution in [0.3, 0.4) is 0 Å². The van der Waals surface area contributed by atoms with Gasteiger partial charge in [-0.3, -0.25) is 9.59 Å². The van der Waals surface area contributed by atoms with Gasteiger partial charge in [0.2, 0.25) is 11.8 Å². The van der Waals surface area contributed by atoms with Crippen molar-refractivity contribution in [2.24, 2.45) is 5.73 Å². The first-order valence-electron chi connectivity index (χ1n) is 5.76. The van der Waals surface area contributed by atoms with Crippen LogP contribution in [-0.2, 0) is 9.59 Å². The van der Waals surface area contributed by atoms with E-state index in [4.69, 9.17) is 28.9 Å². The number of nitrogens with two attached hydrogens (primary N) is 1. The van der Waals surface area contributed by atoms with Gasteiger partial charge in [0.05, 0.1) is 24.2 Å². The van der Waals surface area contributed by atoms with Gasteiger partial charge in [-0.2, -0.15) is 0 Å². The van der Waals surface area contributed by atoms with Crippen LogP contribution < -0.4 is 16.4 Å². The maximum atomic E-state index is 13.4. The van der Waals surface area contributed by atoms with Gasteiger partial charge in [-0.15, -0.1) is 12.4 Å². The number of benzene rings is 1. The normalized spacial score (nSPS) is 11.3. The number of carbonyl (C=O) groups excluding carboxylic acids is 2. The van der Waals surface area contributed by atoms with Gasteiger partial charge in [0.15, 0.2) is 0 Å². The van der Waals surface area contributed by atoms with Gasteiger partial charge in [-0.25, -0.2) is 4.39 Å². The molecular weight excluding hydrogens is 344 g/mol. The molecule has 0 saturated heterocycles. The molecule has 0 heterocycles. The molecule has 0 aliphatic heterocycles. The van der Waals surface area contributed by atoms with E-state index in [-0.39, 0.29) is 41.1 Å². The molecule has 0 saturated carbocycles. The molecule has 0 aliphatic carbocycles. The van der Waals surface area contributed by atoms with E-state index in [1.54, 1.807) is 6.92 Å². The summed E-state index contributed by atoms with van der Waals surface area (Å²) in [7, 11) is 0. The van der Waals surface area contributed by atoms with Crippen LogP contribution in [0.15, 0.2) is 12.1 Å². The molecule has 0 aliphatic rings. The van der Waals surface area contributed by atoms with E-state index in [9.17, 15) is 14.0 Å². The van der Waals surface area contributed by atoms with E-state index in [0.717, 1.165) is 6.07 Å². The minimum Gasteiger partial charge on any atom is -0.348 e. The van der Waals surface area contributed by atoms with Crippen molar-refractivity contribution in [2.75, 3.05) is 13.1 Å². The third-order valence-electron chi connectivity index (χ3n) is 2.52. The Morgan fingerprint density at radius 3 is 2.52 bits per heavy atom. The highest BCUT2D eigenvalue weighted by atomic mass is 35.5. The van der Waals surface area contributed by atoms with Gasteiger partial charge in [0.25, 0.3) is 0 Å². The SMILES string of the molecule is CC(NC(=O)CNC(=O)CN)c1c(Cl)ccc(F)c1Cl.Cl. The molecule has 1 rings (SSSR count). The molecule has 1 aromatic carbocycles. The van der Waals surface area contributed by atoms with Crippen LogP contribution in [0.2, 0.25) is 10.0 Å². The van der Waals surface area contributed by atoms with Crippen molar-refractivity contribution in [1.29, 1.82) is 0 Å². The highest BCUT2D eigenvalue weighted by Crippen LogP contribution is 2.32. The Labute approximate surface area is 137 Å². The molecule has 0 spiro atoms. The fourth-order valence-corrected chi connectivity index (χ4v) is 2.25. The maximum Gasteiger partial charge on any atom is 0.239 e.